The number of hydrogen-bond donors (Lipinski definition) is 0. The number of ether oxygens (including phenoxy) is 2. The Morgan fingerprint density at radius 2 is 1.47 bits per heavy atom. The Bertz CT molecular complexity index is 141. The van der Waals surface area contributed by atoms with Crippen molar-refractivity contribution in [1.82, 2.24) is 0 Å². The second kappa shape index (κ2) is 14.2. The van der Waals surface area contributed by atoms with Crippen molar-refractivity contribution in [3.63, 3.8) is 0 Å². The maximum Gasteiger partial charge on any atom is 0.178 e. The minimum absolute atomic E-state index is 0.184. The van der Waals surface area contributed by atoms with Gasteiger partial charge >= 0.3 is 0 Å². The second-order valence-corrected chi connectivity index (χ2v) is 5.97. The topological polar surface area (TPSA) is 27.7 Å². The van der Waals surface area contributed by atoms with E-state index in [1.807, 2.05) is 0 Å². The van der Waals surface area contributed by atoms with Crippen molar-refractivity contribution in [2.75, 3.05) is 20.8 Å². The Morgan fingerprint density at radius 3 is 2.06 bits per heavy atom. The molecular formula is C13H30O3Si. The molecule has 17 heavy (non-hydrogen) atoms. The average Bonchev–Trinajstić information content (AvgIpc) is 2.36. The van der Waals surface area contributed by atoms with E-state index in [0.29, 0.717) is 6.61 Å². The van der Waals surface area contributed by atoms with Gasteiger partial charge in [0.2, 0.25) is 0 Å². The maximum absolute atomic E-state index is 5.61. The normalized spacial score (nSPS) is 12.0. The zero-order valence-electron chi connectivity index (χ0n) is 11.9. The van der Waals surface area contributed by atoms with Gasteiger partial charge < -0.3 is 13.9 Å². The van der Waals surface area contributed by atoms with Gasteiger partial charge in [-0.2, -0.15) is 0 Å². The molecule has 0 unspecified atom stereocenters. The third-order valence-corrected chi connectivity index (χ3v) is 4.23. The van der Waals surface area contributed by atoms with Crippen molar-refractivity contribution in [3.8, 4) is 0 Å². The Morgan fingerprint density at radius 1 is 0.882 bits per heavy atom. The number of rotatable bonds is 13. The molecule has 0 aliphatic rings. The van der Waals surface area contributed by atoms with Crippen LogP contribution < -0.4 is 0 Å². The quantitative estimate of drug-likeness (QED) is 0.290. The Balaban J connectivity index is 3.03. The van der Waals surface area contributed by atoms with E-state index in [4.69, 9.17) is 13.9 Å². The molecule has 0 atom stereocenters. The van der Waals surface area contributed by atoms with E-state index in [1.54, 1.807) is 14.2 Å². The first-order chi connectivity index (χ1) is 8.35. The summed E-state index contributed by atoms with van der Waals surface area (Å²) in [6.45, 7) is 2.85. The zero-order chi connectivity index (χ0) is 12.8. The highest BCUT2D eigenvalue weighted by atomic mass is 28.2. The van der Waals surface area contributed by atoms with Gasteiger partial charge in [0.05, 0.1) is 6.61 Å². The number of unbranched alkanes of at least 4 members (excludes halogenated alkanes) is 6. The van der Waals surface area contributed by atoms with Crippen LogP contribution in [0.15, 0.2) is 0 Å². The minimum atomic E-state index is -0.354. The first-order valence-electron chi connectivity index (χ1n) is 6.98. The summed E-state index contributed by atoms with van der Waals surface area (Å²) >= 11 is 0. The predicted octanol–water partition coefficient (Wildman–Crippen LogP) is 2.87. The van der Waals surface area contributed by atoms with Crippen LogP contribution in [0.1, 0.15) is 51.9 Å². The van der Waals surface area contributed by atoms with Crippen LogP contribution in [0.4, 0.5) is 0 Å². The molecule has 0 bridgehead atoms. The second-order valence-electron chi connectivity index (χ2n) is 4.45. The fraction of sp³-hybridized carbons (Fsp3) is 1.00. The van der Waals surface area contributed by atoms with Crippen LogP contribution in [0.2, 0.25) is 6.04 Å². The molecule has 0 saturated carbocycles. The fourth-order valence-electron chi connectivity index (χ4n) is 1.75. The van der Waals surface area contributed by atoms with Gasteiger partial charge in [0.15, 0.2) is 16.1 Å². The molecule has 0 aliphatic heterocycles. The van der Waals surface area contributed by atoms with E-state index < -0.39 is 0 Å². The highest BCUT2D eigenvalue weighted by Crippen LogP contribution is 2.08. The smallest absolute Gasteiger partial charge is 0.178 e. The summed E-state index contributed by atoms with van der Waals surface area (Å²) in [6.07, 6.45) is 9.47. The van der Waals surface area contributed by atoms with Gasteiger partial charge in [0.25, 0.3) is 0 Å². The van der Waals surface area contributed by atoms with Crippen molar-refractivity contribution in [2.45, 2.75) is 64.2 Å². The van der Waals surface area contributed by atoms with E-state index in [1.165, 1.54) is 51.0 Å². The zero-order valence-corrected chi connectivity index (χ0v) is 13.3. The predicted molar refractivity (Wildman–Crippen MR) is 75.1 cm³/mol. The summed E-state index contributed by atoms with van der Waals surface area (Å²) in [5, 5.41) is 0. The molecule has 4 heteroatoms. The third-order valence-electron chi connectivity index (χ3n) is 2.92. The number of hydrogen-bond acceptors (Lipinski definition) is 3. The van der Waals surface area contributed by atoms with Crippen LogP contribution in [-0.4, -0.2) is 36.9 Å². The van der Waals surface area contributed by atoms with Crippen LogP contribution in [-0.2, 0) is 13.9 Å². The molecular weight excluding hydrogens is 232 g/mol. The Hall–Kier alpha value is 0.0969. The molecule has 0 N–H and O–H groups in total. The standard InChI is InChI=1S/C13H30O3Si/c1-4-5-6-7-8-9-10-11-17-16-12-13(14-2)15-3/h13H,4-12,17H2,1-3H3. The summed E-state index contributed by atoms with van der Waals surface area (Å²) in [4.78, 5) is 0. The monoisotopic (exact) mass is 262 g/mol. The molecule has 0 saturated heterocycles. The van der Waals surface area contributed by atoms with E-state index >= 15 is 0 Å². The molecule has 0 rings (SSSR count). The van der Waals surface area contributed by atoms with Gasteiger partial charge in [0, 0.05) is 14.2 Å². The van der Waals surface area contributed by atoms with Gasteiger partial charge in [-0.25, -0.2) is 0 Å². The van der Waals surface area contributed by atoms with Crippen LogP contribution >= 0.6 is 0 Å². The molecule has 104 valence electrons. The lowest BCUT2D eigenvalue weighted by atomic mass is 10.1. The molecule has 0 aromatic rings. The number of methoxy groups -OCH3 is 2. The lowest BCUT2D eigenvalue weighted by Crippen LogP contribution is -2.21. The Labute approximate surface area is 109 Å². The summed E-state index contributed by atoms with van der Waals surface area (Å²) < 4.78 is 15.7. The minimum Gasteiger partial charge on any atom is -0.419 e. The van der Waals surface area contributed by atoms with E-state index in [2.05, 4.69) is 6.92 Å². The summed E-state index contributed by atoms with van der Waals surface area (Å²) in [6, 6.07) is 1.29. The molecule has 0 aromatic carbocycles. The van der Waals surface area contributed by atoms with E-state index in [0.717, 1.165) is 0 Å². The first kappa shape index (κ1) is 17.1. The molecule has 0 amide bonds. The van der Waals surface area contributed by atoms with Crippen molar-refractivity contribution in [2.24, 2.45) is 0 Å². The van der Waals surface area contributed by atoms with E-state index in [9.17, 15) is 0 Å². The van der Waals surface area contributed by atoms with Crippen LogP contribution in [0, 0.1) is 0 Å². The molecule has 0 heterocycles. The molecule has 3 nitrogen and oxygen atoms in total. The molecule has 0 fully saturated rings. The molecule has 0 aliphatic carbocycles. The fourth-order valence-corrected chi connectivity index (χ4v) is 2.87. The van der Waals surface area contributed by atoms with Gasteiger partial charge in [-0.05, 0) is 6.04 Å². The lowest BCUT2D eigenvalue weighted by Gasteiger charge is -2.13. The van der Waals surface area contributed by atoms with Gasteiger partial charge in [-0.15, -0.1) is 0 Å². The Kier molecular flexibility index (Phi) is 14.2. The lowest BCUT2D eigenvalue weighted by molar-refractivity contribution is -0.121. The molecule has 0 spiro atoms. The highest BCUT2D eigenvalue weighted by Gasteiger charge is 2.03. The third kappa shape index (κ3) is 12.3. The van der Waals surface area contributed by atoms with Gasteiger partial charge in [-0.3, -0.25) is 0 Å². The van der Waals surface area contributed by atoms with Crippen molar-refractivity contribution < 1.29 is 13.9 Å². The largest absolute Gasteiger partial charge is 0.419 e. The van der Waals surface area contributed by atoms with Crippen LogP contribution in [0.5, 0.6) is 0 Å². The van der Waals surface area contributed by atoms with Gasteiger partial charge in [0.1, 0.15) is 0 Å². The summed E-state index contributed by atoms with van der Waals surface area (Å²) in [5.74, 6) is 0. The highest BCUT2D eigenvalue weighted by molar-refractivity contribution is 6.26. The van der Waals surface area contributed by atoms with Crippen LogP contribution in [0.25, 0.3) is 0 Å². The summed E-state index contributed by atoms with van der Waals surface area (Å²) in [7, 11) is 2.94. The first-order valence-corrected chi connectivity index (χ1v) is 8.56. The molecule has 0 aromatic heterocycles. The molecule has 0 radical (unpaired) electrons. The SMILES string of the molecule is CCCCCCCCC[SiH2]OCC(OC)OC. The van der Waals surface area contributed by atoms with Gasteiger partial charge in [-0.1, -0.05) is 51.9 Å². The maximum atomic E-state index is 5.61. The van der Waals surface area contributed by atoms with Crippen molar-refractivity contribution >= 4 is 9.76 Å². The van der Waals surface area contributed by atoms with Crippen molar-refractivity contribution in [3.05, 3.63) is 0 Å². The average molecular weight is 262 g/mol. The summed E-state index contributed by atoms with van der Waals surface area (Å²) in [5.41, 5.74) is 0. The van der Waals surface area contributed by atoms with Crippen LogP contribution in [0.3, 0.4) is 0 Å². The van der Waals surface area contributed by atoms with E-state index in [-0.39, 0.29) is 16.1 Å². The van der Waals surface area contributed by atoms with Crippen molar-refractivity contribution in [1.29, 1.82) is 0 Å².